The number of carbonyl (C=O) groups is 2. The van der Waals surface area contributed by atoms with E-state index >= 15 is 0 Å². The van der Waals surface area contributed by atoms with Crippen molar-refractivity contribution < 1.29 is 23.8 Å². The van der Waals surface area contributed by atoms with Crippen LogP contribution in [-0.2, 0) is 19.7 Å². The molecule has 0 amide bonds. The first kappa shape index (κ1) is 22.6. The van der Waals surface area contributed by atoms with Crippen LogP contribution in [0.3, 0.4) is 0 Å². The van der Waals surface area contributed by atoms with Crippen LogP contribution in [0.2, 0.25) is 0 Å². The van der Waals surface area contributed by atoms with Crippen LogP contribution in [0.5, 0.6) is 5.75 Å². The van der Waals surface area contributed by atoms with Gasteiger partial charge < -0.3 is 14.2 Å². The molecule has 1 aliphatic carbocycles. The van der Waals surface area contributed by atoms with Gasteiger partial charge in [0.2, 0.25) is 11.5 Å². The summed E-state index contributed by atoms with van der Waals surface area (Å²) in [4.78, 5) is 25.4. The number of ether oxygens (including phenoxy) is 3. The Balaban J connectivity index is 1.37. The second kappa shape index (κ2) is 9.10. The lowest BCUT2D eigenvalue weighted by atomic mass is 9.80. The van der Waals surface area contributed by atoms with Crippen LogP contribution < -0.4 is 4.74 Å². The fourth-order valence-corrected chi connectivity index (χ4v) is 4.33. The van der Waals surface area contributed by atoms with E-state index in [1.807, 2.05) is 24.3 Å². The molecule has 0 spiro atoms. The Bertz CT molecular complexity index is 1020. The predicted molar refractivity (Wildman–Crippen MR) is 124 cm³/mol. The summed E-state index contributed by atoms with van der Waals surface area (Å²) in [6.07, 6.45) is 2.51. The molecule has 0 N–H and O–H groups in total. The lowest BCUT2D eigenvalue weighted by molar-refractivity contribution is -0.132. The molecule has 1 saturated carbocycles. The number of benzene rings is 2. The van der Waals surface area contributed by atoms with Crippen molar-refractivity contribution in [1.82, 2.24) is 0 Å². The number of Topliss-reactive ketones (excluding diaryl/α,β-unsaturated/α-hetero) is 1. The number of hydrogen-bond donors (Lipinski definition) is 0. The number of rotatable bonds is 4. The summed E-state index contributed by atoms with van der Waals surface area (Å²) in [6.45, 7) is 6.45. The minimum atomic E-state index is -0.360. The highest BCUT2D eigenvalue weighted by Gasteiger charge is 2.42. The van der Waals surface area contributed by atoms with Gasteiger partial charge in [-0.05, 0) is 60.2 Å². The zero-order valence-corrected chi connectivity index (χ0v) is 20.1. The van der Waals surface area contributed by atoms with Crippen molar-refractivity contribution in [2.45, 2.75) is 57.7 Å². The summed E-state index contributed by atoms with van der Waals surface area (Å²) < 4.78 is 18.3. The molecule has 0 aromatic heterocycles. The summed E-state index contributed by atoms with van der Waals surface area (Å²) in [5.74, 6) is 0.128. The highest BCUT2D eigenvalue weighted by molar-refractivity contribution is 9.10. The molecule has 1 fully saturated rings. The molecule has 0 saturated heterocycles. The molecule has 2 aromatic carbocycles. The van der Waals surface area contributed by atoms with Gasteiger partial charge in [-0.2, -0.15) is 0 Å². The van der Waals surface area contributed by atoms with Crippen LogP contribution in [0, 0.1) is 5.92 Å². The van der Waals surface area contributed by atoms with Crippen molar-refractivity contribution in [3.8, 4) is 5.75 Å². The lowest BCUT2D eigenvalue weighted by Crippen LogP contribution is -2.43. The Labute approximate surface area is 196 Å². The number of carbonyl (C=O) groups excluding carboxylic acids is 2. The summed E-state index contributed by atoms with van der Waals surface area (Å²) in [5.41, 5.74) is 1.75. The first-order chi connectivity index (χ1) is 15.2. The van der Waals surface area contributed by atoms with Gasteiger partial charge in [0, 0.05) is 10.9 Å². The Morgan fingerprint density at radius 1 is 1.03 bits per heavy atom. The first-order valence-corrected chi connectivity index (χ1v) is 11.6. The third-order valence-electron chi connectivity index (χ3n) is 5.97. The van der Waals surface area contributed by atoms with Crippen molar-refractivity contribution in [1.29, 1.82) is 0 Å². The third-order valence-corrected chi connectivity index (χ3v) is 6.50. The van der Waals surface area contributed by atoms with E-state index in [2.05, 4.69) is 36.7 Å². The van der Waals surface area contributed by atoms with Crippen molar-refractivity contribution in [3.05, 3.63) is 76.2 Å². The van der Waals surface area contributed by atoms with Gasteiger partial charge in [0.05, 0.1) is 11.5 Å². The minimum Gasteiger partial charge on any atom is -0.493 e. The third kappa shape index (κ3) is 5.07. The van der Waals surface area contributed by atoms with Crippen molar-refractivity contribution >= 4 is 27.7 Å². The van der Waals surface area contributed by atoms with Crippen LogP contribution in [0.25, 0.3) is 0 Å². The summed E-state index contributed by atoms with van der Waals surface area (Å²) in [5, 5.41) is 0. The summed E-state index contributed by atoms with van der Waals surface area (Å²) in [6, 6.07) is 14.8. The predicted octanol–water partition coefficient (Wildman–Crippen LogP) is 5.96. The van der Waals surface area contributed by atoms with Crippen LogP contribution in [0.4, 0.5) is 0 Å². The maximum absolute atomic E-state index is 13.0. The van der Waals surface area contributed by atoms with E-state index in [-0.39, 0.29) is 41.1 Å². The van der Waals surface area contributed by atoms with E-state index in [1.54, 1.807) is 24.3 Å². The molecule has 32 heavy (non-hydrogen) atoms. The Morgan fingerprint density at radius 2 is 1.72 bits per heavy atom. The lowest BCUT2D eigenvalue weighted by Gasteiger charge is -2.36. The van der Waals surface area contributed by atoms with Gasteiger partial charge >= 0.3 is 5.97 Å². The molecule has 1 aliphatic heterocycles. The molecule has 5 nitrogen and oxygen atoms in total. The molecule has 1 heterocycles. The molecule has 2 aromatic rings. The summed E-state index contributed by atoms with van der Waals surface area (Å²) in [7, 11) is 0. The van der Waals surface area contributed by atoms with Gasteiger partial charge in [-0.3, -0.25) is 4.79 Å². The molecule has 3 unspecified atom stereocenters. The maximum Gasteiger partial charge on any atom is 0.338 e. The Morgan fingerprint density at radius 3 is 2.38 bits per heavy atom. The Kier molecular flexibility index (Phi) is 6.42. The average molecular weight is 499 g/mol. The van der Waals surface area contributed by atoms with Gasteiger partial charge in [0.15, 0.2) is 0 Å². The summed E-state index contributed by atoms with van der Waals surface area (Å²) >= 11 is 3.36. The van der Waals surface area contributed by atoms with Gasteiger partial charge in [-0.15, -0.1) is 0 Å². The molecular weight excluding hydrogens is 472 g/mol. The number of fused-ring (bicyclic) bond motifs is 1. The quantitative estimate of drug-likeness (QED) is 0.486. The van der Waals surface area contributed by atoms with Gasteiger partial charge in [0.25, 0.3) is 0 Å². The highest BCUT2D eigenvalue weighted by atomic mass is 79.9. The van der Waals surface area contributed by atoms with Crippen LogP contribution in [0.1, 0.15) is 56.0 Å². The second-order valence-electron chi connectivity index (χ2n) is 9.35. The fraction of sp³-hybridized carbons (Fsp3) is 0.385. The van der Waals surface area contributed by atoms with Gasteiger partial charge in [-0.1, -0.05) is 48.8 Å². The average Bonchev–Trinajstić information content (AvgIpc) is 2.76. The number of halogens is 1. The molecule has 168 valence electrons. The van der Waals surface area contributed by atoms with Crippen molar-refractivity contribution in [2.75, 3.05) is 0 Å². The number of esters is 1. The Hall–Kier alpha value is -2.60. The van der Waals surface area contributed by atoms with Crippen molar-refractivity contribution in [2.24, 2.45) is 5.92 Å². The molecule has 3 atom stereocenters. The molecular formula is C26H27BrO5. The highest BCUT2D eigenvalue weighted by Crippen LogP contribution is 2.35. The van der Waals surface area contributed by atoms with E-state index in [0.717, 1.165) is 4.47 Å². The molecule has 6 heteroatoms. The van der Waals surface area contributed by atoms with Crippen LogP contribution in [-0.4, -0.2) is 24.0 Å². The van der Waals surface area contributed by atoms with Gasteiger partial charge in [0.1, 0.15) is 24.2 Å². The van der Waals surface area contributed by atoms with E-state index < -0.39 is 0 Å². The monoisotopic (exact) mass is 498 g/mol. The van der Waals surface area contributed by atoms with E-state index in [0.29, 0.717) is 30.6 Å². The van der Waals surface area contributed by atoms with E-state index in [4.69, 9.17) is 14.2 Å². The first-order valence-electron chi connectivity index (χ1n) is 10.9. The largest absolute Gasteiger partial charge is 0.493 e. The number of ketones is 1. The molecule has 4 rings (SSSR count). The smallest absolute Gasteiger partial charge is 0.338 e. The zero-order valence-electron chi connectivity index (χ0n) is 18.5. The van der Waals surface area contributed by atoms with E-state index in [1.165, 1.54) is 11.8 Å². The number of hydrogen-bond acceptors (Lipinski definition) is 5. The van der Waals surface area contributed by atoms with Crippen LogP contribution >= 0.6 is 15.9 Å². The van der Waals surface area contributed by atoms with E-state index in [9.17, 15) is 9.59 Å². The minimum absolute atomic E-state index is 0.0498. The maximum atomic E-state index is 13.0. The molecule has 0 radical (unpaired) electrons. The normalized spacial score (nSPS) is 22.9. The number of allylic oxidation sites excluding steroid dienone is 1. The molecule has 0 bridgehead atoms. The standard InChI is InChI=1S/C26H27BrO5/c1-26(2,3)17-6-10-19(11-7-17)31-23-15-30-22-14-20(12-13-21(22)24(23)28)32-25(29)16-4-8-18(27)9-5-16/h4-11,15,20-22H,12-14H2,1-3H3. The van der Waals surface area contributed by atoms with Crippen LogP contribution in [0.15, 0.2) is 65.0 Å². The second-order valence-corrected chi connectivity index (χ2v) is 10.3. The van der Waals surface area contributed by atoms with Crippen molar-refractivity contribution in [3.63, 3.8) is 0 Å². The molecule has 2 aliphatic rings. The zero-order chi connectivity index (χ0) is 22.9. The fourth-order valence-electron chi connectivity index (χ4n) is 4.07. The van der Waals surface area contributed by atoms with Gasteiger partial charge in [-0.25, -0.2) is 4.79 Å². The SMILES string of the molecule is CC(C)(C)c1ccc(OC2=COC3CC(OC(=O)c4ccc(Br)cc4)CCC3C2=O)cc1. The topological polar surface area (TPSA) is 61.8 Å².